The van der Waals surface area contributed by atoms with Crippen LogP contribution >= 0.6 is 0 Å². The smallest absolute Gasteiger partial charge is 0.339 e. The number of esters is 1. The van der Waals surface area contributed by atoms with Gasteiger partial charge in [0.1, 0.15) is 5.82 Å². The number of nitrogens with zero attached hydrogens (tertiary/aromatic N) is 4. The summed E-state index contributed by atoms with van der Waals surface area (Å²) >= 11 is 0. The molecule has 2 heterocycles. The second-order valence-electron chi connectivity index (χ2n) is 5.82. The van der Waals surface area contributed by atoms with Crippen molar-refractivity contribution in [2.45, 2.75) is 6.92 Å². The highest BCUT2D eigenvalue weighted by atomic mass is 16.5. The number of anilines is 3. The quantitative estimate of drug-likeness (QED) is 0.836. The summed E-state index contributed by atoms with van der Waals surface area (Å²) in [4.78, 5) is 25.4. The zero-order chi connectivity index (χ0) is 17.6. The number of carbonyl (C=O) groups excluding carboxylic acids is 1. The fraction of sp³-hybridized carbons (Fsp3) is 0.389. The second kappa shape index (κ2) is 7.94. The maximum absolute atomic E-state index is 11.9. The first-order chi connectivity index (χ1) is 12.2. The fourth-order valence-corrected chi connectivity index (χ4v) is 2.88. The predicted molar refractivity (Wildman–Crippen MR) is 97.4 cm³/mol. The number of benzene rings is 1. The average molecular weight is 341 g/mol. The number of rotatable bonds is 5. The number of nitrogens with one attached hydrogen (secondary N) is 1. The van der Waals surface area contributed by atoms with Crippen molar-refractivity contribution in [3.8, 4) is 0 Å². The van der Waals surface area contributed by atoms with Gasteiger partial charge in [0.15, 0.2) is 0 Å². The summed E-state index contributed by atoms with van der Waals surface area (Å²) in [7, 11) is 1.37. The van der Waals surface area contributed by atoms with Crippen molar-refractivity contribution in [1.82, 2.24) is 14.9 Å². The van der Waals surface area contributed by atoms with E-state index in [1.54, 1.807) is 18.3 Å². The Morgan fingerprint density at radius 2 is 1.96 bits per heavy atom. The number of likely N-dealkylation sites (N-methyl/N-ethyl adjacent to an activating group) is 1. The van der Waals surface area contributed by atoms with Crippen LogP contribution in [0.2, 0.25) is 0 Å². The summed E-state index contributed by atoms with van der Waals surface area (Å²) in [5.74, 6) is 0.963. The van der Waals surface area contributed by atoms with Crippen LogP contribution in [0.5, 0.6) is 0 Å². The lowest BCUT2D eigenvalue weighted by Gasteiger charge is -2.34. The number of carbonyl (C=O) groups is 1. The third-order valence-electron chi connectivity index (χ3n) is 4.36. The van der Waals surface area contributed by atoms with Crippen LogP contribution in [0.1, 0.15) is 17.3 Å². The number of methoxy groups -OCH3 is 1. The average Bonchev–Trinajstić information content (AvgIpc) is 2.68. The molecule has 7 nitrogen and oxygen atoms in total. The van der Waals surface area contributed by atoms with E-state index in [4.69, 9.17) is 4.74 Å². The number of para-hydroxylation sites is 1. The molecule has 7 heteroatoms. The highest BCUT2D eigenvalue weighted by Crippen LogP contribution is 2.21. The molecule has 1 aliphatic heterocycles. The third kappa shape index (κ3) is 4.06. The minimum atomic E-state index is -0.394. The Labute approximate surface area is 147 Å². The maximum atomic E-state index is 11.9. The van der Waals surface area contributed by atoms with E-state index >= 15 is 0 Å². The Hall–Kier alpha value is -2.67. The Kier molecular flexibility index (Phi) is 5.45. The molecule has 25 heavy (non-hydrogen) atoms. The summed E-state index contributed by atoms with van der Waals surface area (Å²) in [6.07, 6.45) is 1.73. The molecule has 1 saturated heterocycles. The van der Waals surface area contributed by atoms with Crippen molar-refractivity contribution in [3.05, 3.63) is 42.1 Å². The zero-order valence-electron chi connectivity index (χ0n) is 14.6. The molecular formula is C18H23N5O2. The molecule has 2 aromatic rings. The van der Waals surface area contributed by atoms with E-state index in [9.17, 15) is 4.79 Å². The van der Waals surface area contributed by atoms with Crippen LogP contribution in [-0.2, 0) is 4.74 Å². The molecule has 1 aromatic heterocycles. The van der Waals surface area contributed by atoms with Gasteiger partial charge in [-0.15, -0.1) is 0 Å². The lowest BCUT2D eigenvalue weighted by Crippen LogP contribution is -2.46. The first-order valence-corrected chi connectivity index (χ1v) is 8.46. The summed E-state index contributed by atoms with van der Waals surface area (Å²) in [5, 5.41) is 3.13. The van der Waals surface area contributed by atoms with E-state index in [0.717, 1.165) is 38.5 Å². The van der Waals surface area contributed by atoms with Crippen LogP contribution in [0.25, 0.3) is 0 Å². The SMILES string of the molecule is CCN1CCN(c2ccnc(Nc3ccccc3C(=O)OC)n2)CC1. The molecule has 1 aliphatic rings. The van der Waals surface area contributed by atoms with Crippen LogP contribution in [-0.4, -0.2) is 60.7 Å². The zero-order valence-corrected chi connectivity index (χ0v) is 14.6. The molecule has 1 N–H and O–H groups in total. The van der Waals surface area contributed by atoms with Crippen LogP contribution in [0.15, 0.2) is 36.5 Å². The van der Waals surface area contributed by atoms with Crippen molar-refractivity contribution >= 4 is 23.4 Å². The first kappa shape index (κ1) is 17.2. The Morgan fingerprint density at radius 1 is 1.20 bits per heavy atom. The molecular weight excluding hydrogens is 318 g/mol. The highest BCUT2D eigenvalue weighted by molar-refractivity contribution is 5.96. The van der Waals surface area contributed by atoms with Gasteiger partial charge in [0, 0.05) is 32.4 Å². The lowest BCUT2D eigenvalue weighted by atomic mass is 10.2. The monoisotopic (exact) mass is 341 g/mol. The molecule has 132 valence electrons. The molecule has 0 spiro atoms. The van der Waals surface area contributed by atoms with Crippen molar-refractivity contribution in [2.24, 2.45) is 0 Å². The van der Waals surface area contributed by atoms with Gasteiger partial charge in [-0.2, -0.15) is 4.98 Å². The van der Waals surface area contributed by atoms with Crippen molar-refractivity contribution in [3.63, 3.8) is 0 Å². The van der Waals surface area contributed by atoms with Crippen molar-refractivity contribution in [1.29, 1.82) is 0 Å². The predicted octanol–water partition coefficient (Wildman–Crippen LogP) is 2.15. The van der Waals surface area contributed by atoms with Gasteiger partial charge in [-0.3, -0.25) is 0 Å². The molecule has 0 aliphatic carbocycles. The molecule has 1 aromatic carbocycles. The highest BCUT2D eigenvalue weighted by Gasteiger charge is 2.18. The molecule has 0 atom stereocenters. The third-order valence-corrected chi connectivity index (χ3v) is 4.36. The largest absolute Gasteiger partial charge is 0.465 e. The minimum Gasteiger partial charge on any atom is -0.465 e. The number of ether oxygens (including phenoxy) is 1. The summed E-state index contributed by atoms with van der Waals surface area (Å²) in [6.45, 7) is 7.23. The van der Waals surface area contributed by atoms with E-state index in [0.29, 0.717) is 17.2 Å². The Morgan fingerprint density at radius 3 is 2.68 bits per heavy atom. The van der Waals surface area contributed by atoms with Gasteiger partial charge in [-0.25, -0.2) is 9.78 Å². The Balaban J connectivity index is 1.76. The van der Waals surface area contributed by atoms with Gasteiger partial charge < -0.3 is 19.9 Å². The second-order valence-corrected chi connectivity index (χ2v) is 5.82. The van der Waals surface area contributed by atoms with Gasteiger partial charge in [0.25, 0.3) is 0 Å². The molecule has 1 fully saturated rings. The normalized spacial score (nSPS) is 15.0. The number of aromatic nitrogens is 2. The maximum Gasteiger partial charge on any atom is 0.339 e. The van der Waals surface area contributed by atoms with Crippen molar-refractivity contribution in [2.75, 3.05) is 50.1 Å². The summed E-state index contributed by atoms with van der Waals surface area (Å²) in [5.41, 5.74) is 1.08. The summed E-state index contributed by atoms with van der Waals surface area (Å²) < 4.78 is 4.82. The van der Waals surface area contributed by atoms with Gasteiger partial charge >= 0.3 is 5.97 Å². The van der Waals surface area contributed by atoms with Gasteiger partial charge in [-0.05, 0) is 24.7 Å². The summed E-state index contributed by atoms with van der Waals surface area (Å²) in [6, 6.07) is 9.08. The fourth-order valence-electron chi connectivity index (χ4n) is 2.88. The van der Waals surface area contributed by atoms with Crippen LogP contribution in [0.3, 0.4) is 0 Å². The topological polar surface area (TPSA) is 70.6 Å². The van der Waals surface area contributed by atoms with Gasteiger partial charge in [0.05, 0.1) is 18.4 Å². The Bertz CT molecular complexity index is 729. The van der Waals surface area contributed by atoms with E-state index in [-0.39, 0.29) is 0 Å². The van der Waals surface area contributed by atoms with Crippen LogP contribution < -0.4 is 10.2 Å². The van der Waals surface area contributed by atoms with Crippen LogP contribution in [0.4, 0.5) is 17.5 Å². The standard InChI is InChI=1S/C18H23N5O2/c1-3-22-10-12-23(13-11-22)16-8-9-19-18(21-16)20-15-7-5-4-6-14(15)17(24)25-2/h4-9H,3,10-13H2,1-2H3,(H,19,20,21). The molecule has 0 bridgehead atoms. The van der Waals surface area contributed by atoms with Gasteiger partial charge in [-0.1, -0.05) is 19.1 Å². The number of hydrogen-bond acceptors (Lipinski definition) is 7. The van der Waals surface area contributed by atoms with Gasteiger partial charge in [0.2, 0.25) is 5.95 Å². The number of hydrogen-bond donors (Lipinski definition) is 1. The lowest BCUT2D eigenvalue weighted by molar-refractivity contribution is 0.0602. The van der Waals surface area contributed by atoms with Crippen molar-refractivity contribution < 1.29 is 9.53 Å². The molecule has 3 rings (SSSR count). The van der Waals surface area contributed by atoms with E-state index in [1.165, 1.54) is 7.11 Å². The molecule has 0 amide bonds. The molecule has 0 saturated carbocycles. The van der Waals surface area contributed by atoms with E-state index < -0.39 is 5.97 Å². The minimum absolute atomic E-state index is 0.394. The number of piperazine rings is 1. The molecule has 0 unspecified atom stereocenters. The van der Waals surface area contributed by atoms with E-state index in [1.807, 2.05) is 18.2 Å². The first-order valence-electron chi connectivity index (χ1n) is 8.46. The molecule has 0 radical (unpaired) electrons. The van der Waals surface area contributed by atoms with Crippen LogP contribution in [0, 0.1) is 0 Å². The van der Waals surface area contributed by atoms with E-state index in [2.05, 4.69) is 32.0 Å².